The number of nitrogens with zero attached hydrogens (tertiary/aromatic N) is 3. The number of hydrogen-bond donors (Lipinski definition) is 4. The molecule has 50 heavy (non-hydrogen) atoms. The Hall–Kier alpha value is -3.79. The highest BCUT2D eigenvalue weighted by atomic mass is 35.5. The molecule has 1 unspecified atom stereocenters. The smallest absolute Gasteiger partial charge is 0.141 e. The Bertz CT molecular complexity index is 1670. The number of aromatic nitrogens is 1. The molecule has 10 nitrogen and oxygen atoms in total. The molecule has 1 saturated heterocycles. The first-order valence-corrected chi connectivity index (χ1v) is 17.4. The Kier molecular flexibility index (Phi) is 13.1. The standard InChI is InChI=1S/C39H47ClN4O6/c1-38(2)34(30-7-4-3-5-8-30)9-6-11-39(38,26-48-14-13-44-12-10-33(47)22-44)27-50-37-17-36(49-25-29-15-28(18-41)19-42-20-29)31(16-35(37)40)21-43-32(23-45)24-46/h3-9,11,15-17,19-20,32-33,43,45-47H,10,12-14,21-27H2,1-2H3/t33?,39-/m1/s1. The van der Waals surface area contributed by atoms with Crippen molar-refractivity contribution < 1.29 is 29.5 Å². The van der Waals surface area contributed by atoms with E-state index in [4.69, 9.17) is 25.8 Å². The number of nitriles is 1. The summed E-state index contributed by atoms with van der Waals surface area (Å²) >= 11 is 6.87. The van der Waals surface area contributed by atoms with Crippen LogP contribution < -0.4 is 14.8 Å². The van der Waals surface area contributed by atoms with Crippen molar-refractivity contribution in [1.82, 2.24) is 15.2 Å². The molecule has 5 rings (SSSR count). The lowest BCUT2D eigenvalue weighted by molar-refractivity contribution is -0.0119. The van der Waals surface area contributed by atoms with Gasteiger partial charge in [0, 0.05) is 61.2 Å². The van der Waals surface area contributed by atoms with E-state index < -0.39 is 16.9 Å². The molecule has 1 aliphatic carbocycles. The quantitative estimate of drug-likeness (QED) is 0.146. The van der Waals surface area contributed by atoms with Gasteiger partial charge in [-0.05, 0) is 29.7 Å². The summed E-state index contributed by atoms with van der Waals surface area (Å²) in [6.07, 6.45) is 10.0. The largest absolute Gasteiger partial charge is 0.491 e. The predicted molar refractivity (Wildman–Crippen MR) is 193 cm³/mol. The van der Waals surface area contributed by atoms with E-state index in [1.807, 2.05) is 18.2 Å². The summed E-state index contributed by atoms with van der Waals surface area (Å²) in [5.41, 5.74) is 3.16. The second kappa shape index (κ2) is 17.4. The van der Waals surface area contributed by atoms with Crippen molar-refractivity contribution in [3.8, 4) is 17.6 Å². The Morgan fingerprint density at radius 1 is 1.08 bits per heavy atom. The average Bonchev–Trinajstić information content (AvgIpc) is 3.55. The van der Waals surface area contributed by atoms with Gasteiger partial charge in [-0.2, -0.15) is 5.26 Å². The van der Waals surface area contributed by atoms with Crippen LogP contribution in [-0.4, -0.2) is 90.0 Å². The molecule has 3 aromatic rings. The number of allylic oxidation sites excluding steroid dienone is 3. The second-order valence-electron chi connectivity index (χ2n) is 13.5. The first kappa shape index (κ1) is 37.5. The number of rotatable bonds is 17. The van der Waals surface area contributed by atoms with Gasteiger partial charge in [0.2, 0.25) is 0 Å². The number of pyridine rings is 1. The highest BCUT2D eigenvalue weighted by Gasteiger charge is 2.48. The normalized spacial score (nSPS) is 20.1. The third-order valence-electron chi connectivity index (χ3n) is 9.78. The number of aliphatic hydroxyl groups excluding tert-OH is 3. The van der Waals surface area contributed by atoms with Crippen molar-refractivity contribution in [2.75, 3.05) is 52.7 Å². The summed E-state index contributed by atoms with van der Waals surface area (Å²) in [4.78, 5) is 6.36. The molecule has 2 aliphatic rings. The molecule has 11 heteroatoms. The molecule has 1 aliphatic heterocycles. The van der Waals surface area contributed by atoms with E-state index in [1.54, 1.807) is 24.4 Å². The SMILES string of the molecule is CC1(C)C(c2ccccc2)=CC=C[C@@]1(COCCN1CCC(O)C1)COc1cc(OCc2cncc(C#N)c2)c(CNC(CO)CO)cc1Cl. The van der Waals surface area contributed by atoms with E-state index >= 15 is 0 Å². The lowest BCUT2D eigenvalue weighted by Gasteiger charge is -2.48. The van der Waals surface area contributed by atoms with Crippen LogP contribution >= 0.6 is 11.6 Å². The molecular weight excluding hydrogens is 656 g/mol. The zero-order valence-electron chi connectivity index (χ0n) is 28.7. The molecule has 2 heterocycles. The highest BCUT2D eigenvalue weighted by molar-refractivity contribution is 6.32. The Morgan fingerprint density at radius 3 is 2.60 bits per heavy atom. The van der Waals surface area contributed by atoms with Gasteiger partial charge in [-0.3, -0.25) is 9.88 Å². The molecule has 2 atom stereocenters. The Labute approximate surface area is 299 Å². The van der Waals surface area contributed by atoms with Crippen molar-refractivity contribution in [1.29, 1.82) is 5.26 Å². The van der Waals surface area contributed by atoms with E-state index in [1.165, 1.54) is 11.8 Å². The van der Waals surface area contributed by atoms with Gasteiger partial charge in [-0.1, -0.05) is 74.0 Å². The van der Waals surface area contributed by atoms with E-state index in [0.717, 1.165) is 30.6 Å². The minimum atomic E-state index is -0.582. The van der Waals surface area contributed by atoms with Crippen LogP contribution in [0, 0.1) is 22.2 Å². The summed E-state index contributed by atoms with van der Waals surface area (Å²) in [5, 5.41) is 42.0. The maximum Gasteiger partial charge on any atom is 0.141 e. The van der Waals surface area contributed by atoms with Gasteiger partial charge in [0.25, 0.3) is 0 Å². The molecular formula is C39H47ClN4O6. The third kappa shape index (κ3) is 9.11. The number of hydrogen-bond acceptors (Lipinski definition) is 10. The van der Waals surface area contributed by atoms with E-state index in [0.29, 0.717) is 47.4 Å². The second-order valence-corrected chi connectivity index (χ2v) is 13.9. The van der Waals surface area contributed by atoms with Gasteiger partial charge < -0.3 is 34.8 Å². The number of likely N-dealkylation sites (tertiary alicyclic amines) is 1. The fourth-order valence-electron chi connectivity index (χ4n) is 6.45. The summed E-state index contributed by atoms with van der Waals surface area (Å²) in [6.45, 7) is 7.81. The molecule has 266 valence electrons. The molecule has 0 spiro atoms. The predicted octanol–water partition coefficient (Wildman–Crippen LogP) is 4.76. The summed E-state index contributed by atoms with van der Waals surface area (Å²) in [5.74, 6) is 0.927. The minimum absolute atomic E-state index is 0.146. The maximum atomic E-state index is 9.96. The van der Waals surface area contributed by atoms with Gasteiger partial charge in [0.05, 0.1) is 54.6 Å². The Morgan fingerprint density at radius 2 is 1.88 bits per heavy atom. The summed E-state index contributed by atoms with van der Waals surface area (Å²) in [7, 11) is 0. The molecule has 1 aromatic heterocycles. The minimum Gasteiger partial charge on any atom is -0.491 e. The Balaban J connectivity index is 1.40. The first-order valence-electron chi connectivity index (χ1n) is 17.0. The third-order valence-corrected chi connectivity index (χ3v) is 10.1. The number of β-amino-alcohol motifs (C(OH)–C–C–N with tert-alkyl or cyclic N) is 1. The number of benzene rings is 2. The van der Waals surface area contributed by atoms with Crippen LogP contribution in [0.2, 0.25) is 5.02 Å². The van der Waals surface area contributed by atoms with Crippen molar-refractivity contribution in [2.45, 2.75) is 45.6 Å². The summed E-state index contributed by atoms with van der Waals surface area (Å²) < 4.78 is 19.3. The van der Waals surface area contributed by atoms with Crippen LogP contribution in [0.3, 0.4) is 0 Å². The van der Waals surface area contributed by atoms with E-state index in [-0.39, 0.29) is 39.1 Å². The van der Waals surface area contributed by atoms with Crippen molar-refractivity contribution in [3.63, 3.8) is 0 Å². The average molecular weight is 703 g/mol. The number of ether oxygens (including phenoxy) is 3. The topological polar surface area (TPSA) is 140 Å². The van der Waals surface area contributed by atoms with Crippen molar-refractivity contribution >= 4 is 17.2 Å². The van der Waals surface area contributed by atoms with Gasteiger partial charge in [-0.15, -0.1) is 0 Å². The lowest BCUT2D eigenvalue weighted by Crippen LogP contribution is -2.47. The zero-order valence-corrected chi connectivity index (χ0v) is 29.5. The van der Waals surface area contributed by atoms with E-state index in [2.05, 4.69) is 65.5 Å². The summed E-state index contributed by atoms with van der Waals surface area (Å²) in [6, 6.07) is 17.1. The van der Waals surface area contributed by atoms with Crippen LogP contribution in [0.4, 0.5) is 0 Å². The fraction of sp³-hybridized carbons (Fsp3) is 0.436. The number of halogens is 1. The molecule has 0 amide bonds. The van der Waals surface area contributed by atoms with Crippen LogP contribution in [0.1, 0.15) is 42.5 Å². The van der Waals surface area contributed by atoms with E-state index in [9.17, 15) is 20.6 Å². The highest BCUT2D eigenvalue weighted by Crippen LogP contribution is 2.52. The monoisotopic (exact) mass is 702 g/mol. The molecule has 0 radical (unpaired) electrons. The zero-order chi connectivity index (χ0) is 35.6. The maximum absolute atomic E-state index is 9.96. The lowest BCUT2D eigenvalue weighted by atomic mass is 9.59. The van der Waals surface area contributed by atoms with Crippen LogP contribution in [0.5, 0.6) is 11.5 Å². The van der Waals surface area contributed by atoms with Gasteiger partial charge >= 0.3 is 0 Å². The molecule has 1 fully saturated rings. The van der Waals surface area contributed by atoms with Gasteiger partial charge in [-0.25, -0.2) is 0 Å². The first-order chi connectivity index (χ1) is 24.2. The molecule has 0 saturated carbocycles. The van der Waals surface area contributed by atoms with Crippen LogP contribution in [-0.2, 0) is 17.9 Å². The van der Waals surface area contributed by atoms with Crippen LogP contribution in [0.25, 0.3) is 5.57 Å². The van der Waals surface area contributed by atoms with Gasteiger partial charge in [0.1, 0.15) is 30.8 Å². The fourth-order valence-corrected chi connectivity index (χ4v) is 6.69. The van der Waals surface area contributed by atoms with Crippen molar-refractivity contribution in [2.24, 2.45) is 10.8 Å². The van der Waals surface area contributed by atoms with Crippen molar-refractivity contribution in [3.05, 3.63) is 106 Å². The van der Waals surface area contributed by atoms with Gasteiger partial charge in [0.15, 0.2) is 0 Å². The number of nitrogens with one attached hydrogen (secondary N) is 1. The molecule has 2 aromatic carbocycles. The molecule has 4 N–H and O–H groups in total. The van der Waals surface area contributed by atoms with Crippen LogP contribution in [0.15, 0.2) is 79.2 Å². The molecule has 0 bridgehead atoms. The number of aliphatic hydroxyl groups is 3.